The van der Waals surface area contributed by atoms with E-state index in [1.165, 1.54) is 6.33 Å². The first kappa shape index (κ1) is 21.0. The molecule has 2 N–H and O–H groups in total. The lowest BCUT2D eigenvalue weighted by Crippen LogP contribution is -2.11. The van der Waals surface area contributed by atoms with Gasteiger partial charge in [0, 0.05) is 28.4 Å². The molecule has 34 heavy (non-hydrogen) atoms. The van der Waals surface area contributed by atoms with Crippen LogP contribution in [-0.2, 0) is 4.79 Å². The molecule has 2 aromatic carbocycles. The summed E-state index contributed by atoms with van der Waals surface area (Å²) in [5, 5.41) is 14.8. The number of aromatic nitrogens is 6. The standard InChI is InChI=1S/C24H20N8O2/c1-14(2)24(33)30-17-4-6-19-18(9-17)23(26-11-25-19)29-16-5-7-20(15(3)8-16)34-22-10-21-31-28-13-32(21)12-27-22/h4-13H,1H2,2-3H3,(H,30,33)(H,25,26,29). The number of carbonyl (C=O) groups excluding carboxylic acids is 1. The van der Waals surface area contributed by atoms with E-state index < -0.39 is 0 Å². The van der Waals surface area contributed by atoms with Gasteiger partial charge in [-0.25, -0.2) is 15.0 Å². The lowest BCUT2D eigenvalue weighted by molar-refractivity contribution is -0.112. The largest absolute Gasteiger partial charge is 0.439 e. The highest BCUT2D eigenvalue weighted by Crippen LogP contribution is 2.30. The smallest absolute Gasteiger partial charge is 0.250 e. The van der Waals surface area contributed by atoms with Gasteiger partial charge in [0.2, 0.25) is 5.88 Å². The molecule has 5 aromatic rings. The Bertz CT molecular complexity index is 1560. The molecule has 10 heteroatoms. The molecule has 168 valence electrons. The molecule has 0 aliphatic carbocycles. The van der Waals surface area contributed by atoms with Crippen LogP contribution >= 0.6 is 0 Å². The van der Waals surface area contributed by atoms with E-state index in [0.29, 0.717) is 34.4 Å². The summed E-state index contributed by atoms with van der Waals surface area (Å²) in [5.41, 5.74) is 4.18. The third kappa shape index (κ3) is 4.24. The second-order valence-corrected chi connectivity index (χ2v) is 7.72. The number of amides is 1. The van der Waals surface area contributed by atoms with Gasteiger partial charge in [-0.2, -0.15) is 0 Å². The number of nitrogens with one attached hydrogen (secondary N) is 2. The maximum Gasteiger partial charge on any atom is 0.250 e. The number of fused-ring (bicyclic) bond motifs is 2. The van der Waals surface area contributed by atoms with Crippen LogP contribution < -0.4 is 15.4 Å². The van der Waals surface area contributed by atoms with Crippen molar-refractivity contribution in [3.8, 4) is 11.6 Å². The summed E-state index contributed by atoms with van der Waals surface area (Å²) in [5.74, 6) is 1.47. The Balaban J connectivity index is 1.39. The van der Waals surface area contributed by atoms with Crippen LogP contribution in [0.2, 0.25) is 0 Å². The van der Waals surface area contributed by atoms with Crippen molar-refractivity contribution in [2.24, 2.45) is 0 Å². The Morgan fingerprint density at radius 2 is 1.88 bits per heavy atom. The van der Waals surface area contributed by atoms with Gasteiger partial charge < -0.3 is 15.4 Å². The molecular weight excluding hydrogens is 432 g/mol. The van der Waals surface area contributed by atoms with Crippen molar-refractivity contribution in [2.45, 2.75) is 13.8 Å². The van der Waals surface area contributed by atoms with E-state index in [1.807, 2.05) is 37.3 Å². The lowest BCUT2D eigenvalue weighted by atomic mass is 10.1. The molecular formula is C24H20N8O2. The second kappa shape index (κ2) is 8.58. The molecule has 0 unspecified atom stereocenters. The van der Waals surface area contributed by atoms with Gasteiger partial charge in [0.15, 0.2) is 5.65 Å². The topological polar surface area (TPSA) is 119 Å². The van der Waals surface area contributed by atoms with Crippen LogP contribution in [0.1, 0.15) is 12.5 Å². The third-order valence-electron chi connectivity index (χ3n) is 5.10. The molecule has 0 fully saturated rings. The maximum atomic E-state index is 12.0. The van der Waals surface area contributed by atoms with E-state index in [2.05, 4.69) is 42.4 Å². The van der Waals surface area contributed by atoms with Gasteiger partial charge in [0.05, 0.1) is 5.52 Å². The minimum atomic E-state index is -0.241. The van der Waals surface area contributed by atoms with Gasteiger partial charge >= 0.3 is 0 Å². The van der Waals surface area contributed by atoms with Crippen LogP contribution in [0.3, 0.4) is 0 Å². The first-order valence-electron chi connectivity index (χ1n) is 10.4. The van der Waals surface area contributed by atoms with E-state index in [9.17, 15) is 4.79 Å². The van der Waals surface area contributed by atoms with E-state index in [1.54, 1.807) is 36.1 Å². The van der Waals surface area contributed by atoms with E-state index in [0.717, 1.165) is 22.2 Å². The molecule has 0 saturated carbocycles. The van der Waals surface area contributed by atoms with Gasteiger partial charge in [0.1, 0.15) is 30.5 Å². The van der Waals surface area contributed by atoms with E-state index in [4.69, 9.17) is 4.74 Å². The highest BCUT2D eigenvalue weighted by atomic mass is 16.5. The summed E-state index contributed by atoms with van der Waals surface area (Å²) < 4.78 is 7.64. The first-order valence-corrected chi connectivity index (χ1v) is 10.4. The highest BCUT2D eigenvalue weighted by Gasteiger charge is 2.10. The summed E-state index contributed by atoms with van der Waals surface area (Å²) in [6.07, 6.45) is 4.67. The zero-order valence-electron chi connectivity index (χ0n) is 18.5. The van der Waals surface area contributed by atoms with Crippen molar-refractivity contribution in [3.05, 3.63) is 79.2 Å². The Kier molecular flexibility index (Phi) is 5.30. The van der Waals surface area contributed by atoms with Crippen LogP contribution in [-0.4, -0.2) is 35.5 Å². The summed E-state index contributed by atoms with van der Waals surface area (Å²) in [6, 6.07) is 12.9. The van der Waals surface area contributed by atoms with E-state index >= 15 is 0 Å². The molecule has 3 aromatic heterocycles. The summed E-state index contributed by atoms with van der Waals surface area (Å²) >= 11 is 0. The summed E-state index contributed by atoms with van der Waals surface area (Å²) in [7, 11) is 0. The number of nitrogens with zero attached hydrogens (tertiary/aromatic N) is 6. The van der Waals surface area contributed by atoms with Crippen molar-refractivity contribution >= 4 is 39.6 Å². The monoisotopic (exact) mass is 452 g/mol. The third-order valence-corrected chi connectivity index (χ3v) is 5.10. The van der Waals surface area contributed by atoms with Crippen molar-refractivity contribution in [1.29, 1.82) is 0 Å². The predicted octanol–water partition coefficient (Wildman–Crippen LogP) is 4.43. The summed E-state index contributed by atoms with van der Waals surface area (Å²) in [6.45, 7) is 7.27. The fraction of sp³-hybridized carbons (Fsp3) is 0.0833. The van der Waals surface area contributed by atoms with Crippen LogP contribution in [0.25, 0.3) is 16.6 Å². The van der Waals surface area contributed by atoms with Gasteiger partial charge in [0.25, 0.3) is 5.91 Å². The molecule has 0 saturated heterocycles. The first-order chi connectivity index (χ1) is 16.5. The van der Waals surface area contributed by atoms with Crippen LogP contribution in [0.5, 0.6) is 11.6 Å². The number of benzene rings is 2. The molecule has 1 amide bonds. The molecule has 0 spiro atoms. The molecule has 10 nitrogen and oxygen atoms in total. The highest BCUT2D eigenvalue weighted by molar-refractivity contribution is 6.04. The average molecular weight is 452 g/mol. The zero-order chi connectivity index (χ0) is 23.7. The van der Waals surface area contributed by atoms with Crippen molar-refractivity contribution in [1.82, 2.24) is 29.5 Å². The van der Waals surface area contributed by atoms with Crippen molar-refractivity contribution in [3.63, 3.8) is 0 Å². The molecule has 0 radical (unpaired) electrons. The fourth-order valence-electron chi connectivity index (χ4n) is 3.33. The number of aryl methyl sites for hydroxylation is 1. The van der Waals surface area contributed by atoms with Gasteiger partial charge in [-0.1, -0.05) is 6.58 Å². The number of hydrogen-bond donors (Lipinski definition) is 2. The predicted molar refractivity (Wildman–Crippen MR) is 128 cm³/mol. The van der Waals surface area contributed by atoms with Gasteiger partial charge in [-0.3, -0.25) is 9.20 Å². The average Bonchev–Trinajstić information content (AvgIpc) is 3.29. The molecule has 0 atom stereocenters. The van der Waals surface area contributed by atoms with Gasteiger partial charge in [-0.05, 0) is 55.8 Å². The number of carbonyl (C=O) groups is 1. The van der Waals surface area contributed by atoms with Crippen LogP contribution in [0.15, 0.2) is 73.6 Å². The minimum Gasteiger partial charge on any atom is -0.439 e. The van der Waals surface area contributed by atoms with E-state index in [-0.39, 0.29) is 5.91 Å². The van der Waals surface area contributed by atoms with Crippen molar-refractivity contribution < 1.29 is 9.53 Å². The number of rotatable bonds is 6. The molecule has 0 aliphatic heterocycles. The Labute approximate surface area is 194 Å². The Morgan fingerprint density at radius 1 is 1.03 bits per heavy atom. The molecule has 5 rings (SSSR count). The van der Waals surface area contributed by atoms with Gasteiger partial charge in [-0.15, -0.1) is 10.2 Å². The zero-order valence-corrected chi connectivity index (χ0v) is 18.5. The van der Waals surface area contributed by atoms with Crippen LogP contribution in [0.4, 0.5) is 17.2 Å². The normalized spacial score (nSPS) is 10.9. The van der Waals surface area contributed by atoms with Crippen molar-refractivity contribution in [2.75, 3.05) is 10.6 Å². The SMILES string of the molecule is C=C(C)C(=O)Nc1ccc2ncnc(Nc3ccc(Oc4cc5nncn5cn4)c(C)c3)c2c1. The Hall–Kier alpha value is -4.86. The number of anilines is 3. The molecule has 3 heterocycles. The number of ether oxygens (including phenoxy) is 1. The molecule has 0 aliphatic rings. The van der Waals surface area contributed by atoms with Crippen LogP contribution in [0, 0.1) is 6.92 Å². The summed E-state index contributed by atoms with van der Waals surface area (Å²) in [4.78, 5) is 25.0. The number of hydrogen-bond acceptors (Lipinski definition) is 8. The fourth-order valence-corrected chi connectivity index (χ4v) is 3.33. The quantitative estimate of drug-likeness (QED) is 0.363. The molecule has 0 bridgehead atoms. The maximum absolute atomic E-state index is 12.0. The minimum absolute atomic E-state index is 0.241. The lowest BCUT2D eigenvalue weighted by Gasteiger charge is -2.13. The Morgan fingerprint density at radius 3 is 2.71 bits per heavy atom. The second-order valence-electron chi connectivity index (χ2n) is 7.72.